The number of hydrogen-bond acceptors (Lipinski definition) is 3. The van der Waals surface area contributed by atoms with Crippen LogP contribution >= 0.6 is 11.8 Å². The Morgan fingerprint density at radius 3 is 2.79 bits per heavy atom. The van der Waals surface area contributed by atoms with E-state index in [9.17, 15) is 14.0 Å². The molecule has 2 aromatic carbocycles. The van der Waals surface area contributed by atoms with E-state index in [1.54, 1.807) is 22.7 Å². The van der Waals surface area contributed by atoms with Gasteiger partial charge in [0.1, 0.15) is 5.82 Å². The normalized spacial score (nSPS) is 23.6. The predicted octanol–water partition coefficient (Wildman–Crippen LogP) is 4.21. The van der Waals surface area contributed by atoms with E-state index in [2.05, 4.69) is 0 Å². The van der Waals surface area contributed by atoms with Crippen molar-refractivity contribution >= 4 is 29.3 Å². The van der Waals surface area contributed by atoms with Crippen LogP contribution in [0.1, 0.15) is 36.0 Å². The summed E-state index contributed by atoms with van der Waals surface area (Å²) >= 11 is 1.56. The number of halogens is 1. The Bertz CT molecular complexity index is 1010. The molecule has 1 spiro atoms. The van der Waals surface area contributed by atoms with Crippen LogP contribution in [0.25, 0.3) is 0 Å². The van der Waals surface area contributed by atoms with Crippen molar-refractivity contribution in [2.45, 2.75) is 37.6 Å². The number of aryl methyl sites for hydroxylation is 1. The van der Waals surface area contributed by atoms with E-state index in [1.165, 1.54) is 12.1 Å². The van der Waals surface area contributed by atoms with E-state index >= 15 is 0 Å². The number of hydrogen-bond donors (Lipinski definition) is 0. The Labute approximate surface area is 174 Å². The second-order valence-electron chi connectivity index (χ2n) is 8.15. The highest BCUT2D eigenvalue weighted by molar-refractivity contribution is 8.01. The average molecular weight is 411 g/mol. The molecule has 2 heterocycles. The smallest absolute Gasteiger partial charge is 0.268 e. The number of rotatable bonds is 3. The first-order valence-electron chi connectivity index (χ1n) is 10.1. The largest absolute Gasteiger partial charge is 0.315 e. The highest BCUT2D eigenvalue weighted by atomic mass is 32.2. The first kappa shape index (κ1) is 18.7. The Hall–Kier alpha value is -2.34. The van der Waals surface area contributed by atoms with Crippen LogP contribution in [-0.4, -0.2) is 29.0 Å². The molecular formula is C23H23FN2O2S. The minimum Gasteiger partial charge on any atom is -0.315 e. The fraction of sp³-hybridized carbons (Fsp3) is 0.391. The van der Waals surface area contributed by atoms with Gasteiger partial charge < -0.3 is 9.80 Å². The van der Waals surface area contributed by atoms with E-state index in [4.69, 9.17) is 0 Å². The van der Waals surface area contributed by atoms with Gasteiger partial charge in [-0.25, -0.2) is 4.39 Å². The van der Waals surface area contributed by atoms with Crippen LogP contribution in [0, 0.1) is 18.7 Å². The minimum atomic E-state index is -0.985. The maximum absolute atomic E-state index is 13.8. The summed E-state index contributed by atoms with van der Waals surface area (Å²) in [6, 6.07) is 12.3. The first-order valence-corrected chi connectivity index (χ1v) is 11.1. The summed E-state index contributed by atoms with van der Waals surface area (Å²) in [5.41, 5.74) is 3.52. The Morgan fingerprint density at radius 2 is 2.07 bits per heavy atom. The van der Waals surface area contributed by atoms with Crippen LogP contribution in [0.2, 0.25) is 0 Å². The highest BCUT2D eigenvalue weighted by Crippen LogP contribution is 2.55. The third-order valence-corrected chi connectivity index (χ3v) is 7.72. The van der Waals surface area contributed by atoms with Gasteiger partial charge in [-0.05, 0) is 43.5 Å². The van der Waals surface area contributed by atoms with E-state index in [0.29, 0.717) is 13.1 Å². The first-order chi connectivity index (χ1) is 14.0. The minimum absolute atomic E-state index is 0.0453. The molecule has 0 N–H and O–H groups in total. The second-order valence-corrected chi connectivity index (χ2v) is 9.44. The molecule has 150 valence electrons. The molecule has 1 saturated heterocycles. The van der Waals surface area contributed by atoms with Crippen LogP contribution in [0.3, 0.4) is 0 Å². The second kappa shape index (κ2) is 6.87. The summed E-state index contributed by atoms with van der Waals surface area (Å²) in [5, 5.41) is 0. The summed E-state index contributed by atoms with van der Waals surface area (Å²) in [4.78, 5) is 29.6. The quantitative estimate of drug-likeness (QED) is 0.761. The lowest BCUT2D eigenvalue weighted by Gasteiger charge is -2.37. The van der Waals surface area contributed by atoms with Crippen LogP contribution < -0.4 is 4.90 Å². The number of benzene rings is 2. The van der Waals surface area contributed by atoms with Crippen LogP contribution in [-0.2, 0) is 21.0 Å². The maximum atomic E-state index is 13.8. The summed E-state index contributed by atoms with van der Waals surface area (Å²) in [7, 11) is 0. The van der Waals surface area contributed by atoms with Crippen molar-refractivity contribution in [3.63, 3.8) is 0 Å². The predicted molar refractivity (Wildman–Crippen MR) is 112 cm³/mol. The van der Waals surface area contributed by atoms with Gasteiger partial charge in [-0.15, -0.1) is 11.8 Å². The molecule has 4 nitrogen and oxygen atoms in total. The number of amides is 2. The zero-order valence-electron chi connectivity index (χ0n) is 16.4. The van der Waals surface area contributed by atoms with Gasteiger partial charge in [0.2, 0.25) is 5.91 Å². The number of carbonyl (C=O) groups excluding carboxylic acids is 2. The van der Waals surface area contributed by atoms with Crippen LogP contribution in [0.4, 0.5) is 10.1 Å². The number of anilines is 1. The third kappa shape index (κ3) is 2.80. The maximum Gasteiger partial charge on any atom is 0.268 e. The summed E-state index contributed by atoms with van der Waals surface area (Å²) in [6.07, 6.45) is 2.91. The van der Waals surface area contributed by atoms with Crippen molar-refractivity contribution in [3.05, 3.63) is 65.0 Å². The molecular weight excluding hydrogens is 387 g/mol. The lowest BCUT2D eigenvalue weighted by atomic mass is 9.84. The molecule has 1 saturated carbocycles. The van der Waals surface area contributed by atoms with Crippen molar-refractivity contribution in [2.75, 3.05) is 17.2 Å². The third-order valence-electron chi connectivity index (χ3n) is 6.30. The van der Waals surface area contributed by atoms with E-state index < -0.39 is 4.87 Å². The van der Waals surface area contributed by atoms with E-state index in [-0.39, 0.29) is 23.5 Å². The number of carbonyl (C=O) groups is 2. The standard InChI is InChI=1S/C23H23FN2O2S/c1-15-8-9-20-19(12-15)23(26(10-11-29-23)21(27)17-5-3-6-17)22(28)25(20)14-16-4-2-7-18(24)13-16/h2,4,7-9,12-13,17H,3,5-6,10-11,14H2,1H3/t23-/m1/s1. The Balaban J connectivity index is 1.58. The molecule has 2 aliphatic heterocycles. The van der Waals surface area contributed by atoms with Crippen molar-refractivity contribution < 1.29 is 14.0 Å². The van der Waals surface area contributed by atoms with E-state index in [1.807, 2.05) is 36.1 Å². The molecule has 6 heteroatoms. The molecule has 0 aromatic heterocycles. The Morgan fingerprint density at radius 1 is 1.24 bits per heavy atom. The number of thioether (sulfide) groups is 1. The van der Waals surface area contributed by atoms with E-state index in [0.717, 1.165) is 47.4 Å². The molecule has 2 fully saturated rings. The molecule has 0 bridgehead atoms. The highest BCUT2D eigenvalue weighted by Gasteiger charge is 2.60. The summed E-state index contributed by atoms with van der Waals surface area (Å²) < 4.78 is 13.7. The van der Waals surface area contributed by atoms with Gasteiger partial charge in [-0.2, -0.15) is 0 Å². The molecule has 29 heavy (non-hydrogen) atoms. The lowest BCUT2D eigenvalue weighted by Crippen LogP contribution is -2.52. The SMILES string of the molecule is Cc1ccc2c(c1)[C@@]1(SCCN1C(=O)C1CCC1)C(=O)N2Cc1cccc(F)c1. The van der Waals surface area contributed by atoms with Crippen LogP contribution in [0.15, 0.2) is 42.5 Å². The monoisotopic (exact) mass is 410 g/mol. The molecule has 5 rings (SSSR count). The van der Waals surface area contributed by atoms with Gasteiger partial charge >= 0.3 is 0 Å². The van der Waals surface area contributed by atoms with Gasteiger partial charge in [0.05, 0.1) is 12.2 Å². The van der Waals surface area contributed by atoms with Crippen molar-refractivity contribution in [1.29, 1.82) is 0 Å². The number of fused-ring (bicyclic) bond motifs is 2. The molecule has 2 amide bonds. The van der Waals surface area contributed by atoms with Gasteiger partial charge in [-0.1, -0.05) is 36.2 Å². The van der Waals surface area contributed by atoms with Crippen molar-refractivity contribution in [3.8, 4) is 0 Å². The zero-order valence-corrected chi connectivity index (χ0v) is 17.2. The van der Waals surface area contributed by atoms with Crippen molar-refractivity contribution in [1.82, 2.24) is 4.90 Å². The summed E-state index contributed by atoms with van der Waals surface area (Å²) in [5.74, 6) is 0.492. The van der Waals surface area contributed by atoms with Crippen molar-refractivity contribution in [2.24, 2.45) is 5.92 Å². The molecule has 0 radical (unpaired) electrons. The fourth-order valence-corrected chi connectivity index (χ4v) is 6.06. The molecule has 2 aromatic rings. The number of nitrogens with zero attached hydrogens (tertiary/aromatic N) is 2. The van der Waals surface area contributed by atoms with Crippen LogP contribution in [0.5, 0.6) is 0 Å². The lowest BCUT2D eigenvalue weighted by molar-refractivity contribution is -0.145. The molecule has 1 aliphatic carbocycles. The van der Waals surface area contributed by atoms with Gasteiger partial charge in [-0.3, -0.25) is 9.59 Å². The topological polar surface area (TPSA) is 40.6 Å². The average Bonchev–Trinajstić information content (AvgIpc) is 3.18. The summed E-state index contributed by atoms with van der Waals surface area (Å²) in [6.45, 7) is 2.89. The van der Waals surface area contributed by atoms with Gasteiger partial charge in [0.25, 0.3) is 5.91 Å². The molecule has 1 atom stereocenters. The zero-order chi connectivity index (χ0) is 20.2. The fourth-order valence-electron chi connectivity index (χ4n) is 4.60. The molecule has 0 unspecified atom stereocenters. The van der Waals surface area contributed by atoms with Gasteiger partial charge in [0.15, 0.2) is 4.87 Å². The Kier molecular flexibility index (Phi) is 4.42. The molecule has 3 aliphatic rings. The van der Waals surface area contributed by atoms with Gasteiger partial charge in [0, 0.05) is 23.8 Å².